The molecule has 0 atom stereocenters. The zero-order chi connectivity index (χ0) is 13.2. The van der Waals surface area contributed by atoms with Gasteiger partial charge in [0.25, 0.3) is 5.89 Å². The third-order valence-electron chi connectivity index (χ3n) is 2.88. The minimum absolute atomic E-state index is 0.0145. The first-order valence-corrected chi connectivity index (χ1v) is 5.86. The molecule has 2 aromatic heterocycles. The van der Waals surface area contributed by atoms with Crippen LogP contribution in [0.25, 0.3) is 22.8 Å². The zero-order valence-electron chi connectivity index (χ0n) is 10.3. The Morgan fingerprint density at radius 2 is 2.16 bits per heavy atom. The van der Waals surface area contributed by atoms with E-state index in [2.05, 4.69) is 10.1 Å². The molecule has 0 saturated heterocycles. The maximum atomic E-state index is 9.12. The van der Waals surface area contributed by atoms with Gasteiger partial charge in [-0.25, -0.2) is 0 Å². The van der Waals surface area contributed by atoms with Crippen LogP contribution in [-0.4, -0.2) is 15.2 Å². The smallest absolute Gasteiger partial charge is 0.261 e. The molecular formula is C14H12N2O3. The number of hydrogen-bond donors (Lipinski definition) is 1. The van der Waals surface area contributed by atoms with Crippen LogP contribution in [-0.2, 0) is 6.61 Å². The molecule has 0 spiro atoms. The second-order valence-electron chi connectivity index (χ2n) is 4.17. The molecule has 0 unspecified atom stereocenters. The summed E-state index contributed by atoms with van der Waals surface area (Å²) in [5.41, 5.74) is 2.41. The average Bonchev–Trinajstić information content (AvgIpc) is 3.07. The highest BCUT2D eigenvalue weighted by atomic mass is 16.5. The molecule has 5 nitrogen and oxygen atoms in total. The van der Waals surface area contributed by atoms with Crippen molar-refractivity contribution in [3.05, 3.63) is 47.9 Å². The van der Waals surface area contributed by atoms with Gasteiger partial charge in [-0.1, -0.05) is 23.4 Å². The molecule has 0 aliphatic heterocycles. The fourth-order valence-electron chi connectivity index (χ4n) is 1.87. The average molecular weight is 256 g/mol. The molecule has 0 bridgehead atoms. The van der Waals surface area contributed by atoms with Crippen LogP contribution in [0.1, 0.15) is 11.3 Å². The van der Waals surface area contributed by atoms with Crippen LogP contribution in [0, 0.1) is 6.92 Å². The number of aliphatic hydroxyl groups excluding tert-OH is 1. The highest BCUT2D eigenvalue weighted by Crippen LogP contribution is 2.25. The van der Waals surface area contributed by atoms with Crippen molar-refractivity contribution in [2.24, 2.45) is 0 Å². The van der Waals surface area contributed by atoms with Crippen molar-refractivity contribution in [2.75, 3.05) is 0 Å². The van der Waals surface area contributed by atoms with Crippen LogP contribution in [0.5, 0.6) is 0 Å². The lowest BCUT2D eigenvalue weighted by molar-refractivity contribution is 0.282. The van der Waals surface area contributed by atoms with Crippen molar-refractivity contribution < 1.29 is 14.0 Å². The summed E-state index contributed by atoms with van der Waals surface area (Å²) < 4.78 is 10.4. The lowest BCUT2D eigenvalue weighted by Crippen LogP contribution is -1.86. The highest BCUT2D eigenvalue weighted by Gasteiger charge is 2.14. The maximum Gasteiger partial charge on any atom is 0.261 e. The van der Waals surface area contributed by atoms with E-state index < -0.39 is 0 Å². The number of aryl methyl sites for hydroxylation is 1. The molecule has 1 N–H and O–H groups in total. The fourth-order valence-corrected chi connectivity index (χ4v) is 1.87. The van der Waals surface area contributed by atoms with Crippen LogP contribution >= 0.6 is 0 Å². The molecule has 3 rings (SSSR count). The zero-order valence-corrected chi connectivity index (χ0v) is 10.3. The summed E-state index contributed by atoms with van der Waals surface area (Å²) in [6.45, 7) is 1.82. The van der Waals surface area contributed by atoms with Gasteiger partial charge in [0.1, 0.15) is 5.76 Å². The van der Waals surface area contributed by atoms with E-state index in [9.17, 15) is 0 Å². The van der Waals surface area contributed by atoms with Gasteiger partial charge in [0, 0.05) is 5.56 Å². The maximum absolute atomic E-state index is 9.12. The molecule has 0 fully saturated rings. The second-order valence-corrected chi connectivity index (χ2v) is 4.17. The number of rotatable bonds is 3. The van der Waals surface area contributed by atoms with Crippen LogP contribution < -0.4 is 0 Å². The molecule has 0 amide bonds. The van der Waals surface area contributed by atoms with E-state index in [1.807, 2.05) is 31.2 Å². The number of aromatic nitrogens is 2. The molecule has 0 aliphatic carbocycles. The van der Waals surface area contributed by atoms with Gasteiger partial charge in [0.2, 0.25) is 5.82 Å². The van der Waals surface area contributed by atoms with Crippen molar-refractivity contribution in [1.29, 1.82) is 0 Å². The molecule has 96 valence electrons. The van der Waals surface area contributed by atoms with Crippen LogP contribution in [0.2, 0.25) is 0 Å². The third-order valence-corrected chi connectivity index (χ3v) is 2.88. The molecule has 2 heterocycles. The van der Waals surface area contributed by atoms with Gasteiger partial charge >= 0.3 is 0 Å². The highest BCUT2D eigenvalue weighted by molar-refractivity contribution is 5.61. The Morgan fingerprint density at radius 3 is 2.89 bits per heavy atom. The quantitative estimate of drug-likeness (QED) is 0.780. The minimum Gasteiger partial charge on any atom is -0.469 e. The molecule has 19 heavy (non-hydrogen) atoms. The number of furan rings is 1. The van der Waals surface area contributed by atoms with Crippen molar-refractivity contribution in [2.45, 2.75) is 13.5 Å². The van der Waals surface area contributed by atoms with E-state index in [-0.39, 0.29) is 6.61 Å². The van der Waals surface area contributed by atoms with E-state index >= 15 is 0 Å². The molecule has 0 aliphatic rings. The lowest BCUT2D eigenvalue weighted by Gasteiger charge is -1.97. The summed E-state index contributed by atoms with van der Waals surface area (Å²) >= 11 is 0. The van der Waals surface area contributed by atoms with E-state index in [1.165, 1.54) is 0 Å². The Morgan fingerprint density at radius 1 is 1.26 bits per heavy atom. The summed E-state index contributed by atoms with van der Waals surface area (Å²) in [7, 11) is 0. The predicted octanol–water partition coefficient (Wildman–Crippen LogP) is 2.80. The van der Waals surface area contributed by atoms with Gasteiger partial charge in [-0.2, -0.15) is 4.98 Å². The Balaban J connectivity index is 1.99. The van der Waals surface area contributed by atoms with Crippen molar-refractivity contribution in [3.8, 4) is 22.8 Å². The number of benzene rings is 1. The third kappa shape index (κ3) is 2.15. The fraction of sp³-hybridized carbons (Fsp3) is 0.143. The van der Waals surface area contributed by atoms with Crippen LogP contribution in [0.15, 0.2) is 45.5 Å². The summed E-state index contributed by atoms with van der Waals surface area (Å²) in [6, 6.07) is 9.17. The second kappa shape index (κ2) is 4.70. The van der Waals surface area contributed by atoms with E-state index in [4.69, 9.17) is 14.0 Å². The standard InChI is InChI=1S/C14H12N2O3/c1-9-12(5-6-18-9)14-15-13(16-19-14)11-4-2-3-10(7-11)8-17/h2-7,17H,8H2,1H3. The monoisotopic (exact) mass is 256 g/mol. The lowest BCUT2D eigenvalue weighted by atomic mass is 10.1. The molecule has 5 heteroatoms. The molecule has 1 aromatic carbocycles. The van der Waals surface area contributed by atoms with Crippen molar-refractivity contribution in [3.63, 3.8) is 0 Å². The van der Waals surface area contributed by atoms with Crippen molar-refractivity contribution >= 4 is 0 Å². The summed E-state index contributed by atoms with van der Waals surface area (Å²) in [5, 5.41) is 13.1. The van der Waals surface area contributed by atoms with E-state index in [0.29, 0.717) is 11.7 Å². The Hall–Kier alpha value is -2.40. The first kappa shape index (κ1) is 11.7. The largest absolute Gasteiger partial charge is 0.469 e. The molecule has 0 saturated carbocycles. The Kier molecular flexibility index (Phi) is 2.89. The first-order valence-electron chi connectivity index (χ1n) is 5.86. The Bertz CT molecular complexity index is 700. The van der Waals surface area contributed by atoms with Crippen LogP contribution in [0.3, 0.4) is 0 Å². The van der Waals surface area contributed by atoms with Gasteiger partial charge in [-0.3, -0.25) is 0 Å². The van der Waals surface area contributed by atoms with Gasteiger partial charge < -0.3 is 14.0 Å². The predicted molar refractivity (Wildman–Crippen MR) is 68.1 cm³/mol. The normalized spacial score (nSPS) is 10.8. The topological polar surface area (TPSA) is 72.3 Å². The van der Waals surface area contributed by atoms with Gasteiger partial charge in [-0.15, -0.1) is 0 Å². The SMILES string of the molecule is Cc1occc1-c1nc(-c2cccc(CO)c2)no1. The van der Waals surface area contributed by atoms with Crippen LogP contribution in [0.4, 0.5) is 0 Å². The number of aliphatic hydroxyl groups is 1. The molecular weight excluding hydrogens is 244 g/mol. The summed E-state index contributed by atoms with van der Waals surface area (Å²) in [4.78, 5) is 4.34. The van der Waals surface area contributed by atoms with E-state index in [0.717, 1.165) is 22.5 Å². The molecule has 3 aromatic rings. The minimum atomic E-state index is -0.0145. The Labute approximate surface area is 109 Å². The molecule has 0 radical (unpaired) electrons. The number of nitrogens with zero attached hydrogens (tertiary/aromatic N) is 2. The first-order chi connectivity index (χ1) is 9.28. The number of hydrogen-bond acceptors (Lipinski definition) is 5. The van der Waals surface area contributed by atoms with Gasteiger partial charge in [-0.05, 0) is 24.6 Å². The van der Waals surface area contributed by atoms with Crippen molar-refractivity contribution in [1.82, 2.24) is 10.1 Å². The van der Waals surface area contributed by atoms with Gasteiger partial charge in [0.15, 0.2) is 0 Å². The summed E-state index contributed by atoms with van der Waals surface area (Å²) in [6.07, 6.45) is 1.58. The summed E-state index contributed by atoms with van der Waals surface area (Å²) in [5.74, 6) is 1.65. The van der Waals surface area contributed by atoms with E-state index in [1.54, 1.807) is 12.3 Å². The van der Waals surface area contributed by atoms with Gasteiger partial charge in [0.05, 0.1) is 18.4 Å².